The monoisotopic (exact) mass is 413 g/mol. The van der Waals surface area contributed by atoms with Gasteiger partial charge < -0.3 is 15.5 Å². The number of benzene rings is 2. The number of carbonyl (C=O) groups is 1. The maximum absolute atomic E-state index is 12.5. The summed E-state index contributed by atoms with van der Waals surface area (Å²) in [4.78, 5) is 14.5. The Labute approximate surface area is 177 Å². The number of carbonyl (C=O) groups excluding carboxylic acids is 1. The predicted molar refractivity (Wildman–Crippen MR) is 123 cm³/mol. The third-order valence-electron chi connectivity index (χ3n) is 4.68. The van der Waals surface area contributed by atoms with Crippen LogP contribution in [0.1, 0.15) is 35.2 Å². The Balaban J connectivity index is 1.36. The number of likely N-dealkylation sites (tertiary alicyclic amines) is 1. The fourth-order valence-electron chi connectivity index (χ4n) is 3.15. The lowest BCUT2D eigenvalue weighted by atomic mass is 10.1. The highest BCUT2D eigenvalue weighted by Gasteiger charge is 2.17. The molecular formula is C22H27N3OS2. The minimum atomic E-state index is 0.127. The molecule has 0 unspecified atom stereocenters. The summed E-state index contributed by atoms with van der Waals surface area (Å²) in [6.45, 7) is 2.55. The predicted octanol–water partition coefficient (Wildman–Crippen LogP) is 4.53. The minimum Gasteiger partial charge on any atom is -0.362 e. The van der Waals surface area contributed by atoms with Gasteiger partial charge in [0.1, 0.15) is 0 Å². The molecule has 6 heteroatoms. The first kappa shape index (κ1) is 20.7. The van der Waals surface area contributed by atoms with E-state index in [4.69, 9.17) is 12.2 Å². The average molecular weight is 414 g/mol. The smallest absolute Gasteiger partial charge is 0.253 e. The molecule has 28 heavy (non-hydrogen) atoms. The van der Waals surface area contributed by atoms with Gasteiger partial charge in [0, 0.05) is 42.4 Å². The van der Waals surface area contributed by atoms with E-state index >= 15 is 0 Å². The van der Waals surface area contributed by atoms with Crippen molar-refractivity contribution < 1.29 is 4.79 Å². The van der Waals surface area contributed by atoms with Crippen molar-refractivity contribution in [3.05, 3.63) is 65.7 Å². The van der Waals surface area contributed by atoms with Gasteiger partial charge in [-0.3, -0.25) is 4.79 Å². The molecule has 0 aliphatic carbocycles. The molecule has 1 amide bonds. The summed E-state index contributed by atoms with van der Waals surface area (Å²) in [7, 11) is 0. The van der Waals surface area contributed by atoms with Crippen LogP contribution in [0.2, 0.25) is 0 Å². The number of thiocarbonyl (C=S) groups is 1. The lowest BCUT2D eigenvalue weighted by molar-refractivity contribution is 0.0724. The molecule has 1 saturated heterocycles. The Bertz CT molecular complexity index is 759. The third-order valence-corrected chi connectivity index (χ3v) is 5.95. The Morgan fingerprint density at radius 1 is 1.00 bits per heavy atom. The van der Waals surface area contributed by atoms with Crippen molar-refractivity contribution in [2.24, 2.45) is 0 Å². The number of nitrogens with one attached hydrogen (secondary N) is 2. The second-order valence-electron chi connectivity index (χ2n) is 6.85. The summed E-state index contributed by atoms with van der Waals surface area (Å²) >= 11 is 7.24. The average Bonchev–Trinajstić information content (AvgIpc) is 2.75. The van der Waals surface area contributed by atoms with Gasteiger partial charge in [-0.25, -0.2) is 0 Å². The van der Waals surface area contributed by atoms with Crippen LogP contribution in [0.4, 0.5) is 5.69 Å². The molecule has 0 saturated carbocycles. The van der Waals surface area contributed by atoms with E-state index in [0.29, 0.717) is 5.11 Å². The van der Waals surface area contributed by atoms with Gasteiger partial charge in [0.05, 0.1) is 0 Å². The standard InChI is InChI=1S/C22H27N3OS2/c26-21(25-14-5-2-6-15-25)19-9-11-20(12-10-19)24-22(27)23-13-16-28-17-18-7-3-1-4-8-18/h1,3-4,7-12H,2,5-6,13-17H2,(H2,23,24,27). The Morgan fingerprint density at radius 3 is 2.43 bits per heavy atom. The van der Waals surface area contributed by atoms with E-state index in [1.807, 2.05) is 47.0 Å². The number of rotatable bonds is 7. The van der Waals surface area contributed by atoms with Gasteiger partial charge in [-0.2, -0.15) is 11.8 Å². The topological polar surface area (TPSA) is 44.4 Å². The van der Waals surface area contributed by atoms with Gasteiger partial charge in [-0.05, 0) is 61.3 Å². The fraction of sp³-hybridized carbons (Fsp3) is 0.364. The van der Waals surface area contributed by atoms with Gasteiger partial charge in [-0.1, -0.05) is 30.3 Å². The molecule has 0 spiro atoms. The van der Waals surface area contributed by atoms with E-state index in [1.54, 1.807) is 0 Å². The Hall–Kier alpha value is -2.05. The van der Waals surface area contributed by atoms with Gasteiger partial charge in [0.15, 0.2) is 5.11 Å². The highest BCUT2D eigenvalue weighted by atomic mass is 32.2. The minimum absolute atomic E-state index is 0.127. The molecule has 2 aromatic rings. The SMILES string of the molecule is O=C(c1ccc(NC(=S)NCCSCc2ccccc2)cc1)N1CCCCC1. The molecule has 3 rings (SSSR count). The molecular weight excluding hydrogens is 386 g/mol. The van der Waals surface area contributed by atoms with Gasteiger partial charge in [-0.15, -0.1) is 0 Å². The molecule has 1 fully saturated rings. The highest BCUT2D eigenvalue weighted by Crippen LogP contribution is 2.15. The Morgan fingerprint density at radius 2 is 1.71 bits per heavy atom. The first-order valence-corrected chi connectivity index (χ1v) is 11.3. The van der Waals surface area contributed by atoms with Crippen LogP contribution in [-0.4, -0.2) is 41.3 Å². The molecule has 148 valence electrons. The number of thioether (sulfide) groups is 1. The van der Waals surface area contributed by atoms with Crippen LogP contribution in [0.15, 0.2) is 54.6 Å². The van der Waals surface area contributed by atoms with Crippen LogP contribution in [-0.2, 0) is 5.75 Å². The van der Waals surface area contributed by atoms with Gasteiger partial charge in [0.2, 0.25) is 0 Å². The van der Waals surface area contributed by atoms with Gasteiger partial charge >= 0.3 is 0 Å². The second-order valence-corrected chi connectivity index (χ2v) is 8.36. The number of hydrogen-bond donors (Lipinski definition) is 2. The highest BCUT2D eigenvalue weighted by molar-refractivity contribution is 7.98. The van der Waals surface area contributed by atoms with Crippen LogP contribution in [0, 0.1) is 0 Å². The van der Waals surface area contributed by atoms with E-state index in [2.05, 4.69) is 34.9 Å². The number of hydrogen-bond acceptors (Lipinski definition) is 3. The fourth-order valence-corrected chi connectivity index (χ4v) is 4.19. The summed E-state index contributed by atoms with van der Waals surface area (Å²) in [6, 6.07) is 18.0. The molecule has 4 nitrogen and oxygen atoms in total. The maximum Gasteiger partial charge on any atom is 0.253 e. The zero-order valence-corrected chi connectivity index (χ0v) is 17.7. The molecule has 0 radical (unpaired) electrons. The zero-order valence-electron chi connectivity index (χ0n) is 16.0. The van der Waals surface area contributed by atoms with Crippen LogP contribution < -0.4 is 10.6 Å². The Kier molecular flexibility index (Phi) is 8.18. The first-order valence-electron chi connectivity index (χ1n) is 9.78. The van der Waals surface area contributed by atoms with Gasteiger partial charge in [0.25, 0.3) is 5.91 Å². The lowest BCUT2D eigenvalue weighted by Crippen LogP contribution is -2.35. The molecule has 0 atom stereocenters. The summed E-state index contributed by atoms with van der Waals surface area (Å²) in [6.07, 6.45) is 3.44. The van der Waals surface area contributed by atoms with Crippen LogP contribution in [0.3, 0.4) is 0 Å². The van der Waals surface area contributed by atoms with E-state index < -0.39 is 0 Å². The molecule has 1 heterocycles. The number of nitrogens with zero attached hydrogens (tertiary/aromatic N) is 1. The quantitative estimate of drug-likeness (QED) is 0.516. The van der Waals surface area contributed by atoms with Crippen LogP contribution >= 0.6 is 24.0 Å². The van der Waals surface area contributed by atoms with Crippen molar-refractivity contribution in [3.63, 3.8) is 0 Å². The number of anilines is 1. The third kappa shape index (κ3) is 6.53. The summed E-state index contributed by atoms with van der Waals surface area (Å²) in [5.74, 6) is 2.12. The van der Waals surface area contributed by atoms with Crippen molar-refractivity contribution in [2.75, 3.05) is 30.7 Å². The molecule has 1 aliphatic heterocycles. The maximum atomic E-state index is 12.5. The molecule has 2 aromatic carbocycles. The van der Waals surface area contributed by atoms with E-state index in [0.717, 1.165) is 55.2 Å². The molecule has 0 bridgehead atoms. The zero-order chi connectivity index (χ0) is 19.6. The normalized spacial score (nSPS) is 13.8. The van der Waals surface area contributed by atoms with Crippen molar-refractivity contribution in [2.45, 2.75) is 25.0 Å². The van der Waals surface area contributed by atoms with Crippen LogP contribution in [0.25, 0.3) is 0 Å². The van der Waals surface area contributed by atoms with Crippen molar-refractivity contribution in [3.8, 4) is 0 Å². The number of amides is 1. The van der Waals surface area contributed by atoms with E-state index in [9.17, 15) is 4.79 Å². The molecule has 0 aromatic heterocycles. The summed E-state index contributed by atoms with van der Waals surface area (Å²) in [5.41, 5.74) is 2.97. The van der Waals surface area contributed by atoms with Crippen LogP contribution in [0.5, 0.6) is 0 Å². The molecule has 2 N–H and O–H groups in total. The van der Waals surface area contributed by atoms with Crippen molar-refractivity contribution in [1.82, 2.24) is 10.2 Å². The van der Waals surface area contributed by atoms with E-state index in [-0.39, 0.29) is 5.91 Å². The summed E-state index contributed by atoms with van der Waals surface area (Å²) < 4.78 is 0. The largest absolute Gasteiger partial charge is 0.362 e. The van der Waals surface area contributed by atoms with Crippen molar-refractivity contribution in [1.29, 1.82) is 0 Å². The van der Waals surface area contributed by atoms with Crippen molar-refractivity contribution >= 4 is 40.7 Å². The number of piperidine rings is 1. The summed E-state index contributed by atoms with van der Waals surface area (Å²) in [5, 5.41) is 7.02. The first-order chi connectivity index (χ1) is 13.7. The molecule has 1 aliphatic rings. The second kappa shape index (κ2) is 11.1. The van der Waals surface area contributed by atoms with E-state index in [1.165, 1.54) is 12.0 Å². The lowest BCUT2D eigenvalue weighted by Gasteiger charge is -2.26.